The Bertz CT molecular complexity index is 543. The summed E-state index contributed by atoms with van der Waals surface area (Å²) >= 11 is 5.82. The van der Waals surface area contributed by atoms with E-state index in [-0.39, 0.29) is 29.1 Å². The number of ether oxygens (including phenoxy) is 1. The van der Waals surface area contributed by atoms with Crippen LogP contribution in [0, 0.1) is 5.82 Å². The summed E-state index contributed by atoms with van der Waals surface area (Å²) in [5, 5.41) is 2.44. The van der Waals surface area contributed by atoms with E-state index >= 15 is 0 Å². The van der Waals surface area contributed by atoms with E-state index in [1.807, 2.05) is 0 Å². The van der Waals surface area contributed by atoms with Gasteiger partial charge in [-0.05, 0) is 25.0 Å². The van der Waals surface area contributed by atoms with Crippen LogP contribution in [-0.4, -0.2) is 49.6 Å². The van der Waals surface area contributed by atoms with E-state index in [0.717, 1.165) is 18.9 Å². The molecule has 1 aliphatic rings. The van der Waals surface area contributed by atoms with E-state index in [0.29, 0.717) is 13.2 Å². The fraction of sp³-hybridized carbons (Fsp3) is 0.467. The molecule has 2 amide bonds. The van der Waals surface area contributed by atoms with Crippen LogP contribution in [0.15, 0.2) is 18.2 Å². The van der Waals surface area contributed by atoms with Gasteiger partial charge >= 0.3 is 0 Å². The fourth-order valence-electron chi connectivity index (χ4n) is 2.15. The molecule has 7 heteroatoms. The second kappa shape index (κ2) is 7.56. The minimum atomic E-state index is -0.712. The summed E-state index contributed by atoms with van der Waals surface area (Å²) in [5.41, 5.74) is -0.244. The molecule has 1 aromatic rings. The average Bonchev–Trinajstić information content (AvgIpc) is 3.30. The molecule has 0 saturated heterocycles. The van der Waals surface area contributed by atoms with Gasteiger partial charge in [0.1, 0.15) is 5.82 Å². The first kappa shape index (κ1) is 16.7. The Kier molecular flexibility index (Phi) is 5.74. The maximum atomic E-state index is 13.6. The Morgan fingerprint density at radius 3 is 2.77 bits per heavy atom. The monoisotopic (exact) mass is 328 g/mol. The number of benzene rings is 1. The summed E-state index contributed by atoms with van der Waals surface area (Å²) in [5.74, 6) is -1.62. The number of carbonyl (C=O) groups excluding carboxylic acids is 2. The number of hydrogen-bond donors (Lipinski definition) is 1. The third-order valence-corrected chi connectivity index (χ3v) is 3.75. The van der Waals surface area contributed by atoms with E-state index < -0.39 is 11.7 Å². The van der Waals surface area contributed by atoms with Crippen molar-refractivity contribution in [3.05, 3.63) is 34.6 Å². The molecule has 1 aromatic carbocycles. The Hall–Kier alpha value is -1.66. The minimum Gasteiger partial charge on any atom is -0.383 e. The molecular formula is C15H18ClFN2O3. The molecular weight excluding hydrogens is 311 g/mol. The maximum absolute atomic E-state index is 13.6. The highest BCUT2D eigenvalue weighted by Gasteiger charge is 2.32. The lowest BCUT2D eigenvalue weighted by Gasteiger charge is -2.22. The Labute approximate surface area is 133 Å². The standard InChI is InChI=1S/C15H18ClFN2O3/c1-22-8-7-19(10-5-6-10)13(20)9-18-15(21)14-11(16)3-2-4-12(14)17/h2-4,10H,5-9H2,1H3,(H,18,21). The van der Waals surface area contributed by atoms with Crippen LogP contribution < -0.4 is 5.32 Å². The van der Waals surface area contributed by atoms with Crippen LogP contribution in [0.1, 0.15) is 23.2 Å². The smallest absolute Gasteiger partial charge is 0.256 e. The quantitative estimate of drug-likeness (QED) is 0.831. The lowest BCUT2D eigenvalue weighted by molar-refractivity contribution is -0.131. The van der Waals surface area contributed by atoms with Gasteiger partial charge in [-0.2, -0.15) is 0 Å². The molecule has 1 aliphatic carbocycles. The predicted molar refractivity (Wildman–Crippen MR) is 80.4 cm³/mol. The zero-order valence-electron chi connectivity index (χ0n) is 12.3. The fourth-order valence-corrected chi connectivity index (χ4v) is 2.40. The van der Waals surface area contributed by atoms with Crippen molar-refractivity contribution in [2.75, 3.05) is 26.8 Å². The summed E-state index contributed by atoms with van der Waals surface area (Å²) in [4.78, 5) is 25.8. The summed E-state index contributed by atoms with van der Waals surface area (Å²) in [6, 6.07) is 4.21. The van der Waals surface area contributed by atoms with E-state index in [4.69, 9.17) is 16.3 Å². The van der Waals surface area contributed by atoms with Gasteiger partial charge < -0.3 is 15.0 Å². The van der Waals surface area contributed by atoms with Gasteiger partial charge in [-0.1, -0.05) is 17.7 Å². The van der Waals surface area contributed by atoms with Crippen LogP contribution in [0.2, 0.25) is 5.02 Å². The van der Waals surface area contributed by atoms with E-state index in [2.05, 4.69) is 5.32 Å². The molecule has 1 fully saturated rings. The average molecular weight is 329 g/mol. The first-order valence-electron chi connectivity index (χ1n) is 7.05. The molecule has 0 aromatic heterocycles. The molecule has 1 saturated carbocycles. The summed E-state index contributed by atoms with van der Waals surface area (Å²) in [7, 11) is 1.57. The molecule has 5 nitrogen and oxygen atoms in total. The normalized spacial score (nSPS) is 13.8. The molecule has 120 valence electrons. The van der Waals surface area contributed by atoms with E-state index in [9.17, 15) is 14.0 Å². The van der Waals surface area contributed by atoms with Crippen LogP contribution in [0.25, 0.3) is 0 Å². The highest BCUT2D eigenvalue weighted by molar-refractivity contribution is 6.33. The minimum absolute atomic E-state index is 0.0170. The lowest BCUT2D eigenvalue weighted by atomic mass is 10.2. The number of nitrogens with zero attached hydrogens (tertiary/aromatic N) is 1. The molecule has 2 rings (SSSR count). The number of amides is 2. The molecule has 0 atom stereocenters. The molecule has 0 aliphatic heterocycles. The molecule has 0 unspecified atom stereocenters. The van der Waals surface area contributed by atoms with Crippen molar-refractivity contribution in [1.29, 1.82) is 0 Å². The molecule has 0 heterocycles. The van der Waals surface area contributed by atoms with Gasteiger partial charge in [0.05, 0.1) is 23.7 Å². The number of halogens is 2. The van der Waals surface area contributed by atoms with Crippen molar-refractivity contribution in [3.63, 3.8) is 0 Å². The van der Waals surface area contributed by atoms with Crippen molar-refractivity contribution in [1.82, 2.24) is 10.2 Å². The molecule has 1 N–H and O–H groups in total. The van der Waals surface area contributed by atoms with Crippen molar-refractivity contribution in [2.45, 2.75) is 18.9 Å². The second-order valence-corrected chi connectivity index (χ2v) is 5.50. The van der Waals surface area contributed by atoms with Gasteiger partial charge in [0, 0.05) is 19.7 Å². The predicted octanol–water partition coefficient (Wildman–Crippen LogP) is 1.85. The van der Waals surface area contributed by atoms with Crippen LogP contribution in [0.4, 0.5) is 4.39 Å². The Morgan fingerprint density at radius 2 is 2.18 bits per heavy atom. The van der Waals surface area contributed by atoms with Gasteiger partial charge in [-0.3, -0.25) is 9.59 Å². The van der Waals surface area contributed by atoms with Crippen molar-refractivity contribution in [3.8, 4) is 0 Å². The van der Waals surface area contributed by atoms with Gasteiger partial charge in [0.15, 0.2) is 0 Å². The third-order valence-electron chi connectivity index (χ3n) is 3.43. The van der Waals surface area contributed by atoms with Crippen LogP contribution in [-0.2, 0) is 9.53 Å². The number of carbonyl (C=O) groups is 2. The number of nitrogens with one attached hydrogen (secondary N) is 1. The molecule has 0 spiro atoms. The maximum Gasteiger partial charge on any atom is 0.256 e. The van der Waals surface area contributed by atoms with Crippen molar-refractivity contribution in [2.24, 2.45) is 0 Å². The number of hydrogen-bond acceptors (Lipinski definition) is 3. The Morgan fingerprint density at radius 1 is 1.45 bits per heavy atom. The van der Waals surface area contributed by atoms with Crippen molar-refractivity contribution < 1.29 is 18.7 Å². The highest BCUT2D eigenvalue weighted by Crippen LogP contribution is 2.26. The van der Waals surface area contributed by atoms with Crippen LogP contribution >= 0.6 is 11.6 Å². The lowest BCUT2D eigenvalue weighted by Crippen LogP contribution is -2.43. The van der Waals surface area contributed by atoms with Crippen LogP contribution in [0.3, 0.4) is 0 Å². The first-order chi connectivity index (χ1) is 10.5. The zero-order chi connectivity index (χ0) is 16.1. The largest absolute Gasteiger partial charge is 0.383 e. The third kappa shape index (κ3) is 4.18. The van der Waals surface area contributed by atoms with E-state index in [1.165, 1.54) is 12.1 Å². The highest BCUT2D eigenvalue weighted by atomic mass is 35.5. The summed E-state index contributed by atoms with van der Waals surface area (Å²) in [6.07, 6.45) is 1.92. The topological polar surface area (TPSA) is 58.6 Å². The van der Waals surface area contributed by atoms with Gasteiger partial charge in [-0.25, -0.2) is 4.39 Å². The molecule has 0 radical (unpaired) electrons. The van der Waals surface area contributed by atoms with Crippen molar-refractivity contribution >= 4 is 23.4 Å². The van der Waals surface area contributed by atoms with Gasteiger partial charge in [0.2, 0.25) is 5.91 Å². The molecule has 22 heavy (non-hydrogen) atoms. The number of rotatable bonds is 7. The Balaban J connectivity index is 1.93. The molecule has 0 bridgehead atoms. The van der Waals surface area contributed by atoms with Crippen LogP contribution in [0.5, 0.6) is 0 Å². The SMILES string of the molecule is COCCN(C(=O)CNC(=O)c1c(F)cccc1Cl)C1CC1. The first-order valence-corrected chi connectivity index (χ1v) is 7.43. The van der Waals surface area contributed by atoms with E-state index in [1.54, 1.807) is 12.0 Å². The summed E-state index contributed by atoms with van der Waals surface area (Å²) in [6.45, 7) is 0.732. The van der Waals surface area contributed by atoms with Gasteiger partial charge in [-0.15, -0.1) is 0 Å². The zero-order valence-corrected chi connectivity index (χ0v) is 13.0. The second-order valence-electron chi connectivity index (χ2n) is 5.09. The summed E-state index contributed by atoms with van der Waals surface area (Å²) < 4.78 is 18.6. The number of methoxy groups -OCH3 is 1. The van der Waals surface area contributed by atoms with Gasteiger partial charge in [0.25, 0.3) is 5.91 Å².